The zero-order valence-corrected chi connectivity index (χ0v) is 23.6. The van der Waals surface area contributed by atoms with E-state index >= 15 is 8.78 Å². The fourth-order valence-corrected chi connectivity index (χ4v) is 5.42. The molecule has 1 aliphatic heterocycles. The molecule has 0 bridgehead atoms. The fourth-order valence-electron chi connectivity index (χ4n) is 5.42. The molecule has 5 aromatic rings. The van der Waals surface area contributed by atoms with E-state index < -0.39 is 29.5 Å². The third-order valence-electron chi connectivity index (χ3n) is 7.62. The summed E-state index contributed by atoms with van der Waals surface area (Å²) in [4.78, 5) is 4.56. The van der Waals surface area contributed by atoms with Crippen molar-refractivity contribution in [2.45, 2.75) is 32.0 Å². The molecule has 6 rings (SSSR count). The highest BCUT2D eigenvalue weighted by atomic mass is 19.1. The number of hydrogen-bond donors (Lipinski definition) is 2. The summed E-state index contributed by atoms with van der Waals surface area (Å²) in [6.45, 7) is 2.13. The lowest BCUT2D eigenvalue weighted by molar-refractivity contribution is -0.0705. The smallest absolute Gasteiger partial charge is 0.278 e. The number of fused-ring (bicyclic) bond motifs is 2. The predicted molar refractivity (Wildman–Crippen MR) is 153 cm³/mol. The molecule has 0 radical (unpaired) electrons. The number of hydrogen-bond acceptors (Lipinski definition) is 7. The molecule has 8 nitrogen and oxygen atoms in total. The lowest BCUT2D eigenvalue weighted by Crippen LogP contribution is -2.32. The van der Waals surface area contributed by atoms with Crippen molar-refractivity contribution in [2.24, 2.45) is 0 Å². The van der Waals surface area contributed by atoms with Crippen LogP contribution in [0.1, 0.15) is 41.3 Å². The van der Waals surface area contributed by atoms with Crippen LogP contribution in [-0.2, 0) is 23.5 Å². The summed E-state index contributed by atoms with van der Waals surface area (Å²) >= 11 is 0. The minimum Gasteiger partial charge on any atom is -0.444 e. The molecule has 44 heavy (non-hydrogen) atoms. The molecule has 2 N–H and O–H groups in total. The first-order valence-electron chi connectivity index (χ1n) is 13.7. The summed E-state index contributed by atoms with van der Waals surface area (Å²) in [5, 5.41) is 28.3. The van der Waals surface area contributed by atoms with Crippen LogP contribution in [-0.4, -0.2) is 33.5 Å². The van der Waals surface area contributed by atoms with Crippen LogP contribution in [0.4, 0.5) is 13.2 Å². The summed E-state index contributed by atoms with van der Waals surface area (Å²) in [6.07, 6.45) is -1.87. The predicted octanol–water partition coefficient (Wildman–Crippen LogP) is 5.86. The van der Waals surface area contributed by atoms with Gasteiger partial charge in [-0.05, 0) is 54.1 Å². The average Bonchev–Trinajstić information content (AvgIpc) is 3.53. The van der Waals surface area contributed by atoms with E-state index in [1.54, 1.807) is 34.9 Å². The first-order chi connectivity index (χ1) is 21.1. The SMILES string of the molecule is COCCn1c(Cc2c(F)cc(-c3cccc4c3OC(C)(c3ccc(C#N)cc3F)O4)cc2F)nc2ccc(C(O)O)cc21. The van der Waals surface area contributed by atoms with Crippen molar-refractivity contribution in [3.05, 3.63) is 112 Å². The first-order valence-corrected chi connectivity index (χ1v) is 13.7. The van der Waals surface area contributed by atoms with Crippen LogP contribution in [0.2, 0.25) is 0 Å². The van der Waals surface area contributed by atoms with Gasteiger partial charge in [0.2, 0.25) is 0 Å². The fraction of sp³-hybridized carbons (Fsp3) is 0.212. The minimum absolute atomic E-state index is 0.0586. The summed E-state index contributed by atoms with van der Waals surface area (Å²) in [7, 11) is 1.53. The van der Waals surface area contributed by atoms with E-state index in [9.17, 15) is 14.6 Å². The summed E-state index contributed by atoms with van der Waals surface area (Å²) in [5.74, 6) is -3.08. The third kappa shape index (κ3) is 5.13. The number of methoxy groups -OCH3 is 1. The maximum atomic E-state index is 15.7. The normalized spacial score (nSPS) is 15.7. The van der Waals surface area contributed by atoms with Crippen molar-refractivity contribution >= 4 is 11.0 Å². The second-order valence-electron chi connectivity index (χ2n) is 10.5. The van der Waals surface area contributed by atoms with Crippen molar-refractivity contribution in [3.8, 4) is 28.7 Å². The minimum atomic E-state index is -1.69. The largest absolute Gasteiger partial charge is 0.444 e. The molecule has 0 saturated carbocycles. The Morgan fingerprint density at radius 2 is 1.77 bits per heavy atom. The van der Waals surface area contributed by atoms with Crippen LogP contribution in [0.5, 0.6) is 11.5 Å². The molecule has 0 spiro atoms. The van der Waals surface area contributed by atoms with E-state index in [4.69, 9.17) is 19.5 Å². The van der Waals surface area contributed by atoms with Gasteiger partial charge in [0.1, 0.15) is 23.3 Å². The average molecular weight is 602 g/mol. The molecule has 2 heterocycles. The molecule has 0 amide bonds. The number of ether oxygens (including phenoxy) is 3. The van der Waals surface area contributed by atoms with E-state index in [0.717, 1.165) is 6.07 Å². The Hall–Kier alpha value is -4.89. The number of rotatable bonds is 8. The number of aliphatic hydroxyl groups excluding tert-OH is 1. The number of aliphatic hydroxyl groups is 2. The number of para-hydroxylation sites is 1. The lowest BCUT2D eigenvalue weighted by Gasteiger charge is -2.24. The van der Waals surface area contributed by atoms with Gasteiger partial charge in [0.05, 0.1) is 34.8 Å². The van der Waals surface area contributed by atoms with E-state index in [-0.39, 0.29) is 45.7 Å². The summed E-state index contributed by atoms with van der Waals surface area (Å²) in [5.41, 5.74) is 1.86. The van der Waals surface area contributed by atoms with Gasteiger partial charge in [-0.2, -0.15) is 5.26 Å². The number of nitrogens with zero attached hydrogens (tertiary/aromatic N) is 3. The van der Waals surface area contributed by atoms with Crippen LogP contribution in [0.3, 0.4) is 0 Å². The van der Waals surface area contributed by atoms with Gasteiger partial charge in [-0.25, -0.2) is 18.2 Å². The van der Waals surface area contributed by atoms with Gasteiger partial charge in [0.25, 0.3) is 5.79 Å². The molecular formula is C33H26F3N3O5. The van der Waals surface area contributed by atoms with E-state index in [1.165, 1.54) is 44.4 Å². The summed E-state index contributed by atoms with van der Waals surface area (Å²) in [6, 6.07) is 17.8. The Balaban J connectivity index is 1.35. The highest BCUT2D eigenvalue weighted by molar-refractivity contribution is 5.78. The maximum Gasteiger partial charge on any atom is 0.278 e. The van der Waals surface area contributed by atoms with Crippen LogP contribution in [0, 0.1) is 28.8 Å². The number of aromatic nitrogens is 2. The molecule has 0 fully saturated rings. The molecule has 1 aliphatic rings. The Morgan fingerprint density at radius 1 is 1.00 bits per heavy atom. The van der Waals surface area contributed by atoms with Crippen LogP contribution in [0.15, 0.2) is 66.7 Å². The van der Waals surface area contributed by atoms with Crippen molar-refractivity contribution in [1.29, 1.82) is 5.26 Å². The molecule has 0 aliphatic carbocycles. The van der Waals surface area contributed by atoms with Gasteiger partial charge in [-0.15, -0.1) is 0 Å². The Kier molecular flexibility index (Phi) is 7.51. The van der Waals surface area contributed by atoms with Gasteiger partial charge in [0, 0.05) is 43.7 Å². The van der Waals surface area contributed by atoms with Crippen molar-refractivity contribution < 1.29 is 37.6 Å². The maximum absolute atomic E-state index is 15.7. The highest BCUT2D eigenvalue weighted by Crippen LogP contribution is 2.49. The zero-order valence-electron chi connectivity index (χ0n) is 23.6. The van der Waals surface area contributed by atoms with Gasteiger partial charge in [-0.1, -0.05) is 18.2 Å². The molecular weight excluding hydrogens is 575 g/mol. The van der Waals surface area contributed by atoms with Gasteiger partial charge < -0.3 is 29.0 Å². The van der Waals surface area contributed by atoms with Gasteiger partial charge in [-0.3, -0.25) is 0 Å². The van der Waals surface area contributed by atoms with Crippen molar-refractivity contribution in [2.75, 3.05) is 13.7 Å². The zero-order chi connectivity index (χ0) is 31.2. The molecule has 1 atom stereocenters. The molecule has 1 unspecified atom stereocenters. The highest BCUT2D eigenvalue weighted by Gasteiger charge is 2.42. The van der Waals surface area contributed by atoms with Crippen molar-refractivity contribution in [3.63, 3.8) is 0 Å². The monoisotopic (exact) mass is 601 g/mol. The topological polar surface area (TPSA) is 110 Å². The molecule has 224 valence electrons. The molecule has 11 heteroatoms. The number of halogens is 3. The Bertz CT molecular complexity index is 1930. The van der Waals surface area contributed by atoms with Crippen LogP contribution >= 0.6 is 0 Å². The Labute approximate surface area is 250 Å². The number of benzene rings is 4. The molecule has 1 aromatic heterocycles. The number of nitriles is 1. The molecule has 0 saturated heterocycles. The quantitative estimate of drug-likeness (QED) is 0.215. The lowest BCUT2D eigenvalue weighted by atomic mass is 10.00. The van der Waals surface area contributed by atoms with Crippen LogP contribution in [0.25, 0.3) is 22.2 Å². The van der Waals surface area contributed by atoms with Crippen LogP contribution < -0.4 is 9.47 Å². The van der Waals surface area contributed by atoms with Crippen molar-refractivity contribution in [1.82, 2.24) is 9.55 Å². The van der Waals surface area contributed by atoms with E-state index in [0.29, 0.717) is 35.6 Å². The second-order valence-corrected chi connectivity index (χ2v) is 10.5. The summed E-state index contributed by atoms with van der Waals surface area (Å²) < 4.78 is 65.2. The standard InChI is InChI=1S/C33H26F3N3O5/c1-33(23-8-6-18(17-37)12-26(23)36)43-29-5-3-4-21(31(29)44-33)20-13-24(34)22(25(35)14-20)16-30-38-27-9-7-19(32(40)41)15-28(27)39(30)10-11-42-2/h3-9,12-15,32,40-41H,10-11,16H2,1-2H3. The van der Waals surface area contributed by atoms with E-state index in [1.807, 2.05) is 6.07 Å². The molecule has 4 aromatic carbocycles. The third-order valence-corrected chi connectivity index (χ3v) is 7.62. The first kappa shape index (κ1) is 29.2. The van der Waals surface area contributed by atoms with Gasteiger partial charge in [0.15, 0.2) is 17.8 Å². The number of imidazole rings is 1. The Morgan fingerprint density at radius 3 is 2.45 bits per heavy atom. The van der Waals surface area contributed by atoms with E-state index in [2.05, 4.69) is 4.98 Å². The van der Waals surface area contributed by atoms with Gasteiger partial charge >= 0.3 is 0 Å². The second kappa shape index (κ2) is 11.3.